The zero-order valence-corrected chi connectivity index (χ0v) is 11.6. The van der Waals surface area contributed by atoms with Gasteiger partial charge in [-0.25, -0.2) is 4.39 Å². The van der Waals surface area contributed by atoms with Crippen LogP contribution in [0.15, 0.2) is 10.5 Å². The van der Waals surface area contributed by atoms with Gasteiger partial charge in [0.2, 0.25) is 0 Å². The second-order valence-corrected chi connectivity index (χ2v) is 5.81. The van der Waals surface area contributed by atoms with Crippen LogP contribution in [0.25, 0.3) is 0 Å². The van der Waals surface area contributed by atoms with E-state index in [-0.39, 0.29) is 0 Å². The monoisotopic (exact) mass is 317 g/mol. The summed E-state index contributed by atoms with van der Waals surface area (Å²) in [5, 5.41) is 19.0. The summed E-state index contributed by atoms with van der Waals surface area (Å²) < 4.78 is 14.7. The summed E-state index contributed by atoms with van der Waals surface area (Å²) in [7, 11) is 0. The molecule has 2 rings (SSSR count). The molecule has 1 aliphatic carbocycles. The van der Waals surface area contributed by atoms with Gasteiger partial charge in [0.1, 0.15) is 0 Å². The molecule has 0 amide bonds. The largest absolute Gasteiger partial charge is 0.504 e. The quantitative estimate of drug-likeness (QED) is 0.734. The van der Waals surface area contributed by atoms with Crippen LogP contribution in [0.3, 0.4) is 0 Å². The molecule has 0 atom stereocenters. The highest BCUT2D eigenvalue weighted by Gasteiger charge is 2.38. The van der Waals surface area contributed by atoms with Crippen LogP contribution < -0.4 is 5.73 Å². The van der Waals surface area contributed by atoms with Crippen molar-refractivity contribution in [3.05, 3.63) is 21.9 Å². The lowest BCUT2D eigenvalue weighted by molar-refractivity contribution is 0.284. The van der Waals surface area contributed by atoms with Gasteiger partial charge in [-0.2, -0.15) is 0 Å². The van der Waals surface area contributed by atoms with Crippen LogP contribution in [0, 0.1) is 5.82 Å². The Balaban J connectivity index is 2.58. The van der Waals surface area contributed by atoms with Crippen LogP contribution in [-0.2, 0) is 5.41 Å². The van der Waals surface area contributed by atoms with E-state index in [9.17, 15) is 14.6 Å². The van der Waals surface area contributed by atoms with Crippen molar-refractivity contribution in [3.8, 4) is 11.5 Å². The number of hydrogen-bond acceptors (Lipinski definition) is 3. The first-order valence-corrected chi connectivity index (χ1v) is 6.91. The molecule has 0 aromatic heterocycles. The standard InChI is InChI=1S/C13H17BrFNO2/c14-8-6-9(17)12(18)11(15)10(8)13(7-16)4-2-1-3-5-13/h6,17-18H,1-5,7,16H2. The Kier molecular flexibility index (Phi) is 3.82. The van der Waals surface area contributed by atoms with Gasteiger partial charge in [-0.15, -0.1) is 0 Å². The minimum absolute atomic E-state index is 0.340. The number of aromatic hydroxyl groups is 2. The van der Waals surface area contributed by atoms with Gasteiger partial charge in [0.25, 0.3) is 0 Å². The van der Waals surface area contributed by atoms with Crippen molar-refractivity contribution in [2.45, 2.75) is 37.5 Å². The van der Waals surface area contributed by atoms with Crippen LogP contribution >= 0.6 is 15.9 Å². The first-order chi connectivity index (χ1) is 8.52. The molecule has 0 spiro atoms. The van der Waals surface area contributed by atoms with Crippen molar-refractivity contribution in [1.29, 1.82) is 0 Å². The van der Waals surface area contributed by atoms with Crippen molar-refractivity contribution in [2.24, 2.45) is 5.73 Å². The van der Waals surface area contributed by atoms with Gasteiger partial charge >= 0.3 is 0 Å². The van der Waals surface area contributed by atoms with E-state index < -0.39 is 22.7 Å². The molecule has 3 nitrogen and oxygen atoms in total. The lowest BCUT2D eigenvalue weighted by atomic mass is 9.69. The van der Waals surface area contributed by atoms with Crippen LogP contribution in [0.5, 0.6) is 11.5 Å². The Morgan fingerprint density at radius 1 is 1.28 bits per heavy atom. The molecule has 5 heteroatoms. The van der Waals surface area contributed by atoms with E-state index in [1.54, 1.807) is 0 Å². The summed E-state index contributed by atoms with van der Waals surface area (Å²) in [5.74, 6) is -1.90. The van der Waals surface area contributed by atoms with Crippen LogP contribution in [0.4, 0.5) is 4.39 Å². The number of rotatable bonds is 2. The third-order valence-corrected chi connectivity index (χ3v) is 4.53. The summed E-state index contributed by atoms with van der Waals surface area (Å²) in [5.41, 5.74) is 5.83. The molecule has 0 aliphatic heterocycles. The second-order valence-electron chi connectivity index (χ2n) is 4.96. The van der Waals surface area contributed by atoms with Gasteiger partial charge in [0, 0.05) is 22.0 Å². The number of halogens is 2. The summed E-state index contributed by atoms with van der Waals surface area (Å²) in [6.07, 6.45) is 4.76. The maximum Gasteiger partial charge on any atom is 0.194 e. The first-order valence-electron chi connectivity index (χ1n) is 6.12. The Hall–Kier alpha value is -0.810. The third kappa shape index (κ3) is 2.10. The minimum Gasteiger partial charge on any atom is -0.504 e. The predicted molar refractivity (Wildman–Crippen MR) is 71.2 cm³/mol. The van der Waals surface area contributed by atoms with Crippen molar-refractivity contribution >= 4 is 15.9 Å². The average molecular weight is 318 g/mol. The molecule has 1 aliphatic rings. The number of benzene rings is 1. The third-order valence-electron chi connectivity index (χ3n) is 3.90. The highest BCUT2D eigenvalue weighted by Crippen LogP contribution is 2.46. The Labute approximate surface area is 114 Å². The molecule has 0 radical (unpaired) electrons. The molecular formula is C13H17BrFNO2. The molecule has 0 saturated heterocycles. The minimum atomic E-state index is -0.755. The van der Waals surface area contributed by atoms with Gasteiger partial charge in [0.15, 0.2) is 17.3 Å². The highest BCUT2D eigenvalue weighted by atomic mass is 79.9. The normalized spacial score (nSPS) is 18.8. The summed E-state index contributed by atoms with van der Waals surface area (Å²) in [6, 6.07) is 1.33. The molecular weight excluding hydrogens is 301 g/mol. The lowest BCUT2D eigenvalue weighted by Crippen LogP contribution is -2.38. The Morgan fingerprint density at radius 3 is 2.44 bits per heavy atom. The SMILES string of the molecule is NCC1(c2c(Br)cc(O)c(O)c2F)CCCCC1. The fraction of sp³-hybridized carbons (Fsp3) is 0.538. The molecule has 1 aromatic carbocycles. The summed E-state index contributed by atoms with van der Waals surface area (Å²) in [6.45, 7) is 0.340. The summed E-state index contributed by atoms with van der Waals surface area (Å²) >= 11 is 3.28. The van der Waals surface area contributed by atoms with Crippen LogP contribution in [0.2, 0.25) is 0 Å². The van der Waals surface area contributed by atoms with Gasteiger partial charge in [-0.1, -0.05) is 35.2 Å². The van der Waals surface area contributed by atoms with Crippen molar-refractivity contribution in [2.75, 3.05) is 6.54 Å². The number of nitrogens with two attached hydrogens (primary N) is 1. The molecule has 4 N–H and O–H groups in total. The van der Waals surface area contributed by atoms with Gasteiger partial charge in [-0.05, 0) is 18.9 Å². The van der Waals surface area contributed by atoms with Gasteiger partial charge < -0.3 is 15.9 Å². The molecule has 1 saturated carbocycles. The van der Waals surface area contributed by atoms with Gasteiger partial charge in [0.05, 0.1) is 0 Å². The van der Waals surface area contributed by atoms with Gasteiger partial charge in [-0.3, -0.25) is 0 Å². The van der Waals surface area contributed by atoms with Crippen molar-refractivity contribution in [1.82, 2.24) is 0 Å². The molecule has 0 bridgehead atoms. The van der Waals surface area contributed by atoms with Crippen molar-refractivity contribution < 1.29 is 14.6 Å². The Bertz CT molecular complexity index is 459. The van der Waals surface area contributed by atoms with E-state index >= 15 is 0 Å². The van der Waals surface area contributed by atoms with E-state index in [1.165, 1.54) is 6.07 Å². The number of hydrogen-bond donors (Lipinski definition) is 3. The van der Waals surface area contributed by atoms with Crippen LogP contribution in [-0.4, -0.2) is 16.8 Å². The average Bonchev–Trinajstić information content (AvgIpc) is 2.37. The lowest BCUT2D eigenvalue weighted by Gasteiger charge is -2.37. The smallest absolute Gasteiger partial charge is 0.194 e. The Morgan fingerprint density at radius 2 is 1.89 bits per heavy atom. The second kappa shape index (κ2) is 5.05. The fourth-order valence-corrected chi connectivity index (χ4v) is 3.68. The predicted octanol–water partition coefficient (Wildman–Crippen LogP) is 3.16. The van der Waals surface area contributed by atoms with E-state index in [2.05, 4.69) is 15.9 Å². The maximum absolute atomic E-state index is 14.2. The molecule has 1 fully saturated rings. The van der Waals surface area contributed by atoms with E-state index in [4.69, 9.17) is 5.73 Å². The van der Waals surface area contributed by atoms with E-state index in [0.717, 1.165) is 32.1 Å². The maximum atomic E-state index is 14.2. The number of phenols is 2. The molecule has 1 aromatic rings. The topological polar surface area (TPSA) is 66.5 Å². The molecule has 0 unspecified atom stereocenters. The van der Waals surface area contributed by atoms with Crippen LogP contribution in [0.1, 0.15) is 37.7 Å². The molecule has 18 heavy (non-hydrogen) atoms. The highest BCUT2D eigenvalue weighted by molar-refractivity contribution is 9.10. The zero-order chi connectivity index (χ0) is 13.3. The van der Waals surface area contributed by atoms with E-state index in [0.29, 0.717) is 16.6 Å². The first kappa shape index (κ1) is 13.6. The fourth-order valence-electron chi connectivity index (χ4n) is 2.87. The zero-order valence-electron chi connectivity index (χ0n) is 10.0. The number of phenolic OH excluding ortho intramolecular Hbond substituents is 2. The summed E-state index contributed by atoms with van der Waals surface area (Å²) in [4.78, 5) is 0. The van der Waals surface area contributed by atoms with Crippen molar-refractivity contribution in [3.63, 3.8) is 0 Å². The molecule has 0 heterocycles. The molecule has 100 valence electrons. The van der Waals surface area contributed by atoms with E-state index in [1.807, 2.05) is 0 Å².